The number of carbonyl (C=O) groups is 2. The van der Waals surface area contributed by atoms with Gasteiger partial charge in [-0.2, -0.15) is 0 Å². The Labute approximate surface area is 155 Å². The molecule has 0 fully saturated rings. The van der Waals surface area contributed by atoms with E-state index in [1.165, 1.54) is 37.7 Å². The summed E-state index contributed by atoms with van der Waals surface area (Å²) in [6.45, 7) is 0. The van der Waals surface area contributed by atoms with Gasteiger partial charge in [-0.1, -0.05) is 24.3 Å². The molecule has 7 heteroatoms. The summed E-state index contributed by atoms with van der Waals surface area (Å²) in [6.07, 6.45) is 2.88. The van der Waals surface area contributed by atoms with E-state index in [2.05, 4.69) is 15.6 Å². The van der Waals surface area contributed by atoms with Crippen molar-refractivity contribution in [2.24, 2.45) is 0 Å². The largest absolute Gasteiger partial charge is 0.465 e. The van der Waals surface area contributed by atoms with Gasteiger partial charge in [0, 0.05) is 6.20 Å². The quantitative estimate of drug-likeness (QED) is 0.668. The smallest absolute Gasteiger partial charge is 0.339 e. The van der Waals surface area contributed by atoms with Gasteiger partial charge in [-0.15, -0.1) is 0 Å². The zero-order valence-electron chi connectivity index (χ0n) is 14.4. The SMILES string of the molecule is COC(=O)c1ccccc1Nc1cncc(C(=O)Nc2ccccc2F)c1. The van der Waals surface area contributed by atoms with Gasteiger partial charge in [-0.3, -0.25) is 9.78 Å². The number of hydrogen-bond donors (Lipinski definition) is 2. The number of ether oxygens (including phenoxy) is 1. The molecule has 3 rings (SSSR count). The van der Waals surface area contributed by atoms with Crippen LogP contribution < -0.4 is 10.6 Å². The van der Waals surface area contributed by atoms with E-state index < -0.39 is 17.7 Å². The molecule has 1 heterocycles. The number of methoxy groups -OCH3 is 1. The standard InChI is InChI=1S/C20H16FN3O3/c1-27-20(26)15-6-2-4-8-17(15)23-14-10-13(11-22-12-14)19(25)24-18-9-5-3-7-16(18)21/h2-12,23H,1H3,(H,24,25). The average Bonchev–Trinajstić information content (AvgIpc) is 2.70. The second-order valence-electron chi connectivity index (χ2n) is 5.56. The van der Waals surface area contributed by atoms with E-state index in [1.807, 2.05) is 0 Å². The summed E-state index contributed by atoms with van der Waals surface area (Å²) >= 11 is 0. The second-order valence-corrected chi connectivity index (χ2v) is 5.56. The predicted molar refractivity (Wildman–Crippen MR) is 99.7 cm³/mol. The summed E-state index contributed by atoms with van der Waals surface area (Å²) < 4.78 is 18.5. The summed E-state index contributed by atoms with van der Waals surface area (Å²) in [5.41, 5.74) is 1.67. The maximum absolute atomic E-state index is 13.7. The Balaban J connectivity index is 1.81. The maximum atomic E-state index is 13.7. The van der Waals surface area contributed by atoms with Gasteiger partial charge in [0.25, 0.3) is 5.91 Å². The molecule has 6 nitrogen and oxygen atoms in total. The molecule has 0 radical (unpaired) electrons. The molecule has 2 aromatic carbocycles. The van der Waals surface area contributed by atoms with Gasteiger partial charge in [0.15, 0.2) is 0 Å². The van der Waals surface area contributed by atoms with Gasteiger partial charge in [0.05, 0.1) is 41.5 Å². The van der Waals surface area contributed by atoms with E-state index in [1.54, 1.807) is 36.4 Å². The van der Waals surface area contributed by atoms with E-state index in [0.717, 1.165) is 0 Å². The fourth-order valence-corrected chi connectivity index (χ4v) is 2.43. The number of amides is 1. The van der Waals surface area contributed by atoms with Crippen molar-refractivity contribution in [3.05, 3.63) is 83.9 Å². The Morgan fingerprint density at radius 3 is 2.44 bits per heavy atom. The minimum absolute atomic E-state index is 0.0805. The van der Waals surface area contributed by atoms with Crippen LogP contribution in [0.4, 0.5) is 21.5 Å². The van der Waals surface area contributed by atoms with Crippen molar-refractivity contribution >= 4 is 28.9 Å². The molecule has 3 aromatic rings. The third-order valence-corrected chi connectivity index (χ3v) is 3.73. The van der Waals surface area contributed by atoms with Crippen LogP contribution in [0.25, 0.3) is 0 Å². The van der Waals surface area contributed by atoms with Crippen LogP contribution in [0.3, 0.4) is 0 Å². The highest BCUT2D eigenvalue weighted by Crippen LogP contribution is 2.22. The monoisotopic (exact) mass is 365 g/mol. The van der Waals surface area contributed by atoms with Gasteiger partial charge in [0.2, 0.25) is 0 Å². The van der Waals surface area contributed by atoms with Crippen LogP contribution in [0.1, 0.15) is 20.7 Å². The number of hydrogen-bond acceptors (Lipinski definition) is 5. The molecule has 1 amide bonds. The number of nitrogens with zero attached hydrogens (tertiary/aromatic N) is 1. The normalized spacial score (nSPS) is 10.1. The van der Waals surface area contributed by atoms with Crippen LogP contribution in [0.2, 0.25) is 0 Å². The third kappa shape index (κ3) is 4.27. The first-order chi connectivity index (χ1) is 13.1. The lowest BCUT2D eigenvalue weighted by atomic mass is 10.1. The van der Waals surface area contributed by atoms with Crippen molar-refractivity contribution in [2.45, 2.75) is 0 Å². The first-order valence-corrected chi connectivity index (χ1v) is 8.04. The predicted octanol–water partition coefficient (Wildman–Crippen LogP) is 4.00. The number of benzene rings is 2. The van der Waals surface area contributed by atoms with Crippen molar-refractivity contribution in [3.63, 3.8) is 0 Å². The number of anilines is 3. The Hall–Kier alpha value is -3.74. The van der Waals surface area contributed by atoms with E-state index in [0.29, 0.717) is 16.9 Å². The zero-order valence-corrected chi connectivity index (χ0v) is 14.4. The zero-order chi connectivity index (χ0) is 19.2. The summed E-state index contributed by atoms with van der Waals surface area (Å²) in [7, 11) is 1.30. The minimum Gasteiger partial charge on any atom is -0.465 e. The molecule has 0 aliphatic carbocycles. The molecule has 1 aromatic heterocycles. The first kappa shape index (κ1) is 18.1. The van der Waals surface area contributed by atoms with Crippen LogP contribution in [-0.4, -0.2) is 24.0 Å². The summed E-state index contributed by atoms with van der Waals surface area (Å²) in [5.74, 6) is -1.52. The molecule has 0 atom stereocenters. The Morgan fingerprint density at radius 1 is 1.00 bits per heavy atom. The lowest BCUT2D eigenvalue weighted by Gasteiger charge is -2.11. The van der Waals surface area contributed by atoms with Gasteiger partial charge < -0.3 is 15.4 Å². The molecule has 136 valence electrons. The van der Waals surface area contributed by atoms with Gasteiger partial charge in [-0.25, -0.2) is 9.18 Å². The Bertz CT molecular complexity index is 991. The maximum Gasteiger partial charge on any atom is 0.339 e. The number of rotatable bonds is 5. The fraction of sp³-hybridized carbons (Fsp3) is 0.0500. The van der Waals surface area contributed by atoms with Crippen molar-refractivity contribution < 1.29 is 18.7 Å². The van der Waals surface area contributed by atoms with E-state index in [-0.39, 0.29) is 11.3 Å². The average molecular weight is 365 g/mol. The lowest BCUT2D eigenvalue weighted by molar-refractivity contribution is 0.0601. The number of pyridine rings is 1. The highest BCUT2D eigenvalue weighted by Gasteiger charge is 2.13. The number of halogens is 1. The van der Waals surface area contributed by atoms with Crippen LogP contribution >= 0.6 is 0 Å². The van der Waals surface area contributed by atoms with Crippen LogP contribution in [0, 0.1) is 5.82 Å². The molecule has 0 aliphatic rings. The van der Waals surface area contributed by atoms with Gasteiger partial charge in [0.1, 0.15) is 5.82 Å². The number of carbonyl (C=O) groups excluding carboxylic acids is 2. The van der Waals surface area contributed by atoms with E-state index in [4.69, 9.17) is 4.74 Å². The van der Waals surface area contributed by atoms with E-state index in [9.17, 15) is 14.0 Å². The van der Waals surface area contributed by atoms with Crippen LogP contribution in [0.5, 0.6) is 0 Å². The van der Waals surface area contributed by atoms with Crippen LogP contribution in [-0.2, 0) is 4.74 Å². The molecule has 0 spiro atoms. The van der Waals surface area contributed by atoms with Gasteiger partial charge >= 0.3 is 5.97 Å². The van der Waals surface area contributed by atoms with E-state index >= 15 is 0 Å². The topological polar surface area (TPSA) is 80.3 Å². The molecule has 0 saturated carbocycles. The number of para-hydroxylation sites is 2. The molecular formula is C20H16FN3O3. The third-order valence-electron chi connectivity index (χ3n) is 3.73. The molecule has 0 aliphatic heterocycles. The number of esters is 1. The lowest BCUT2D eigenvalue weighted by Crippen LogP contribution is -2.13. The number of nitrogens with one attached hydrogen (secondary N) is 2. The molecule has 0 saturated heterocycles. The molecule has 0 bridgehead atoms. The Kier molecular flexibility index (Phi) is 5.41. The van der Waals surface area contributed by atoms with Crippen molar-refractivity contribution in [2.75, 3.05) is 17.7 Å². The molecular weight excluding hydrogens is 349 g/mol. The van der Waals surface area contributed by atoms with Crippen molar-refractivity contribution in [1.82, 2.24) is 4.98 Å². The first-order valence-electron chi connectivity index (χ1n) is 8.04. The van der Waals surface area contributed by atoms with Crippen LogP contribution in [0.15, 0.2) is 67.0 Å². The van der Waals surface area contributed by atoms with Crippen molar-refractivity contribution in [1.29, 1.82) is 0 Å². The second kappa shape index (κ2) is 8.09. The highest BCUT2D eigenvalue weighted by molar-refractivity contribution is 6.04. The van der Waals surface area contributed by atoms with Gasteiger partial charge in [-0.05, 0) is 30.3 Å². The van der Waals surface area contributed by atoms with Crippen molar-refractivity contribution in [3.8, 4) is 0 Å². The number of aromatic nitrogens is 1. The summed E-state index contributed by atoms with van der Waals surface area (Å²) in [4.78, 5) is 28.3. The fourth-order valence-electron chi connectivity index (χ4n) is 2.43. The molecule has 0 unspecified atom stereocenters. The highest BCUT2D eigenvalue weighted by atomic mass is 19.1. The summed E-state index contributed by atoms with van der Waals surface area (Å²) in [6, 6.07) is 14.2. The minimum atomic E-state index is -0.528. The summed E-state index contributed by atoms with van der Waals surface area (Å²) in [5, 5.41) is 5.54. The Morgan fingerprint density at radius 2 is 1.70 bits per heavy atom. The molecule has 27 heavy (non-hydrogen) atoms. The molecule has 2 N–H and O–H groups in total.